The van der Waals surface area contributed by atoms with Crippen LogP contribution in [0.5, 0.6) is 0 Å². The molecule has 2 heterocycles. The highest BCUT2D eigenvalue weighted by molar-refractivity contribution is 7.16. The van der Waals surface area contributed by atoms with Crippen molar-refractivity contribution in [3.8, 4) is 0 Å². The number of thiazole rings is 1. The largest absolute Gasteiger partial charge is 0.297 e. The van der Waals surface area contributed by atoms with Crippen LogP contribution in [0, 0.1) is 13.8 Å². The summed E-state index contributed by atoms with van der Waals surface area (Å²) in [5.41, 5.74) is 0.974. The van der Waals surface area contributed by atoms with Crippen molar-refractivity contribution in [2.75, 3.05) is 5.32 Å². The van der Waals surface area contributed by atoms with Gasteiger partial charge in [-0.05, 0) is 25.3 Å². The molecule has 2 aromatic rings. The predicted octanol–water partition coefficient (Wildman–Crippen LogP) is 3.07. The van der Waals surface area contributed by atoms with E-state index in [1.54, 1.807) is 6.07 Å². The zero-order valence-electron chi connectivity index (χ0n) is 8.40. The van der Waals surface area contributed by atoms with Crippen molar-refractivity contribution >= 4 is 33.7 Å². The molecule has 2 aromatic heterocycles. The first-order valence-electron chi connectivity index (χ1n) is 4.45. The van der Waals surface area contributed by atoms with Crippen molar-refractivity contribution in [1.82, 2.24) is 4.98 Å². The van der Waals surface area contributed by atoms with Crippen LogP contribution in [0.3, 0.4) is 0 Å². The molecular weight excluding hydrogens is 228 g/mol. The molecule has 1 N–H and O–H groups in total. The third-order valence-electron chi connectivity index (χ3n) is 1.99. The van der Waals surface area contributed by atoms with Crippen LogP contribution in [0.25, 0.3) is 0 Å². The number of aryl methyl sites for hydroxylation is 2. The van der Waals surface area contributed by atoms with Crippen molar-refractivity contribution in [1.29, 1.82) is 0 Å². The zero-order valence-corrected chi connectivity index (χ0v) is 10.0. The van der Waals surface area contributed by atoms with Gasteiger partial charge in [-0.15, -0.1) is 22.7 Å². The topological polar surface area (TPSA) is 42.0 Å². The van der Waals surface area contributed by atoms with Crippen molar-refractivity contribution in [3.05, 3.63) is 33.0 Å². The standard InChI is InChI=1S/C10H10N2OS2/c1-6-7(2)15-10(11-6)12-9(13)8-4-3-5-14-8/h3-5H,1-2H3,(H,11,12,13). The van der Waals surface area contributed by atoms with E-state index in [4.69, 9.17) is 0 Å². The number of thiophene rings is 1. The van der Waals surface area contributed by atoms with Crippen molar-refractivity contribution < 1.29 is 4.79 Å². The lowest BCUT2D eigenvalue weighted by Crippen LogP contribution is -2.09. The molecule has 0 spiro atoms. The van der Waals surface area contributed by atoms with E-state index < -0.39 is 0 Å². The molecule has 78 valence electrons. The van der Waals surface area contributed by atoms with E-state index in [2.05, 4.69) is 10.3 Å². The number of amides is 1. The van der Waals surface area contributed by atoms with E-state index in [-0.39, 0.29) is 5.91 Å². The summed E-state index contributed by atoms with van der Waals surface area (Å²) in [4.78, 5) is 17.8. The van der Waals surface area contributed by atoms with Crippen LogP contribution in [-0.4, -0.2) is 10.9 Å². The van der Waals surface area contributed by atoms with Gasteiger partial charge in [-0.1, -0.05) is 6.07 Å². The molecule has 2 rings (SSSR count). The van der Waals surface area contributed by atoms with Gasteiger partial charge >= 0.3 is 0 Å². The average Bonchev–Trinajstić information content (AvgIpc) is 2.77. The molecule has 0 aliphatic rings. The van der Waals surface area contributed by atoms with Crippen molar-refractivity contribution in [3.63, 3.8) is 0 Å². The van der Waals surface area contributed by atoms with Gasteiger partial charge in [0.15, 0.2) is 5.13 Å². The Labute approximate surface area is 95.8 Å². The normalized spacial score (nSPS) is 10.3. The molecule has 0 saturated carbocycles. The number of hydrogen-bond acceptors (Lipinski definition) is 4. The maximum absolute atomic E-state index is 11.7. The lowest BCUT2D eigenvalue weighted by Gasteiger charge is -1.96. The van der Waals surface area contributed by atoms with Crippen LogP contribution in [0.4, 0.5) is 5.13 Å². The minimum atomic E-state index is -0.0845. The Balaban J connectivity index is 2.13. The van der Waals surface area contributed by atoms with E-state index in [1.165, 1.54) is 22.7 Å². The number of rotatable bonds is 2. The summed E-state index contributed by atoms with van der Waals surface area (Å²) in [5, 5.41) is 5.34. The van der Waals surface area contributed by atoms with Crippen LogP contribution in [0.2, 0.25) is 0 Å². The molecule has 15 heavy (non-hydrogen) atoms. The van der Waals surface area contributed by atoms with E-state index in [0.29, 0.717) is 10.0 Å². The molecule has 0 saturated heterocycles. The van der Waals surface area contributed by atoms with Crippen LogP contribution in [0.15, 0.2) is 17.5 Å². The lowest BCUT2D eigenvalue weighted by molar-refractivity contribution is 0.103. The lowest BCUT2D eigenvalue weighted by atomic mass is 10.4. The highest BCUT2D eigenvalue weighted by atomic mass is 32.1. The van der Waals surface area contributed by atoms with Crippen molar-refractivity contribution in [2.45, 2.75) is 13.8 Å². The number of hydrogen-bond donors (Lipinski definition) is 1. The SMILES string of the molecule is Cc1nc(NC(=O)c2cccs2)sc1C. The van der Waals surface area contributed by atoms with Gasteiger partial charge in [-0.3, -0.25) is 10.1 Å². The van der Waals surface area contributed by atoms with Gasteiger partial charge in [0.2, 0.25) is 0 Å². The Morgan fingerprint density at radius 3 is 2.80 bits per heavy atom. The highest BCUT2D eigenvalue weighted by Gasteiger charge is 2.10. The number of aromatic nitrogens is 1. The minimum Gasteiger partial charge on any atom is -0.297 e. The summed E-state index contributed by atoms with van der Waals surface area (Å²) in [7, 11) is 0. The van der Waals surface area contributed by atoms with Gasteiger partial charge in [-0.25, -0.2) is 4.98 Å². The molecule has 0 aliphatic carbocycles. The summed E-state index contributed by atoms with van der Waals surface area (Å²) in [6, 6.07) is 3.66. The summed E-state index contributed by atoms with van der Waals surface area (Å²) in [6.45, 7) is 3.93. The molecule has 0 radical (unpaired) electrons. The van der Waals surface area contributed by atoms with Gasteiger partial charge in [0, 0.05) is 4.88 Å². The Bertz CT molecular complexity index is 454. The minimum absolute atomic E-state index is 0.0845. The Morgan fingerprint density at radius 1 is 1.47 bits per heavy atom. The van der Waals surface area contributed by atoms with E-state index in [0.717, 1.165) is 10.6 Å². The maximum Gasteiger partial charge on any atom is 0.267 e. The molecule has 0 bridgehead atoms. The number of carbonyl (C=O) groups is 1. The quantitative estimate of drug-likeness (QED) is 0.873. The van der Waals surface area contributed by atoms with Crippen molar-refractivity contribution in [2.24, 2.45) is 0 Å². The summed E-state index contributed by atoms with van der Waals surface area (Å²) < 4.78 is 0. The molecule has 0 aliphatic heterocycles. The average molecular weight is 238 g/mol. The molecule has 5 heteroatoms. The number of anilines is 1. The van der Waals surface area contributed by atoms with Crippen LogP contribution in [0.1, 0.15) is 20.2 Å². The first kappa shape index (κ1) is 10.3. The summed E-state index contributed by atoms with van der Waals surface area (Å²) in [6.07, 6.45) is 0. The first-order valence-corrected chi connectivity index (χ1v) is 6.15. The zero-order chi connectivity index (χ0) is 10.8. The molecule has 0 unspecified atom stereocenters. The van der Waals surface area contributed by atoms with Gasteiger partial charge in [0.25, 0.3) is 5.91 Å². The Kier molecular flexibility index (Phi) is 2.83. The van der Waals surface area contributed by atoms with Crippen LogP contribution in [-0.2, 0) is 0 Å². The van der Waals surface area contributed by atoms with E-state index >= 15 is 0 Å². The van der Waals surface area contributed by atoms with Crippen LogP contribution < -0.4 is 5.32 Å². The fourth-order valence-corrected chi connectivity index (χ4v) is 2.52. The molecule has 0 fully saturated rings. The Hall–Kier alpha value is -1.20. The smallest absolute Gasteiger partial charge is 0.267 e. The van der Waals surface area contributed by atoms with Gasteiger partial charge in [-0.2, -0.15) is 0 Å². The van der Waals surface area contributed by atoms with Gasteiger partial charge < -0.3 is 0 Å². The highest BCUT2D eigenvalue weighted by Crippen LogP contribution is 2.22. The second-order valence-electron chi connectivity index (χ2n) is 3.09. The fourth-order valence-electron chi connectivity index (χ4n) is 1.09. The number of carbonyl (C=O) groups excluding carboxylic acids is 1. The molecular formula is C10H10N2OS2. The summed E-state index contributed by atoms with van der Waals surface area (Å²) in [5.74, 6) is -0.0845. The van der Waals surface area contributed by atoms with E-state index in [1.807, 2.05) is 25.3 Å². The molecule has 1 amide bonds. The fraction of sp³-hybridized carbons (Fsp3) is 0.200. The van der Waals surface area contributed by atoms with Gasteiger partial charge in [0.1, 0.15) is 0 Å². The molecule has 3 nitrogen and oxygen atoms in total. The second kappa shape index (κ2) is 4.12. The molecule has 0 atom stereocenters. The maximum atomic E-state index is 11.7. The third kappa shape index (κ3) is 2.24. The van der Waals surface area contributed by atoms with Gasteiger partial charge in [0.05, 0.1) is 10.6 Å². The van der Waals surface area contributed by atoms with E-state index in [9.17, 15) is 4.79 Å². The monoisotopic (exact) mass is 238 g/mol. The predicted molar refractivity (Wildman–Crippen MR) is 63.9 cm³/mol. The number of nitrogens with zero attached hydrogens (tertiary/aromatic N) is 1. The summed E-state index contributed by atoms with van der Waals surface area (Å²) >= 11 is 2.93. The number of nitrogens with one attached hydrogen (secondary N) is 1. The second-order valence-corrected chi connectivity index (χ2v) is 5.24. The Morgan fingerprint density at radius 2 is 2.27 bits per heavy atom. The molecule has 0 aromatic carbocycles. The van der Waals surface area contributed by atoms with Crippen LogP contribution >= 0.6 is 22.7 Å². The third-order valence-corrected chi connectivity index (χ3v) is 3.85. The first-order chi connectivity index (χ1) is 7.16.